The minimum absolute atomic E-state index is 0.00514. The van der Waals surface area contributed by atoms with Crippen molar-refractivity contribution in [2.45, 2.75) is 4.90 Å². The number of benzene rings is 2. The van der Waals surface area contributed by atoms with Crippen molar-refractivity contribution in [2.75, 3.05) is 10.0 Å². The van der Waals surface area contributed by atoms with Gasteiger partial charge in [-0.2, -0.15) is 0 Å². The lowest BCUT2D eigenvalue weighted by Gasteiger charge is -2.09. The molecule has 0 fully saturated rings. The molecule has 12 heteroatoms. The summed E-state index contributed by atoms with van der Waals surface area (Å²) in [7, 11) is -4.02. The van der Waals surface area contributed by atoms with Crippen LogP contribution in [0.4, 0.5) is 29.2 Å². The van der Waals surface area contributed by atoms with E-state index in [0.717, 1.165) is 24.3 Å². The third-order valence-electron chi connectivity index (χ3n) is 3.56. The maximum absolute atomic E-state index is 13.7. The first kappa shape index (κ1) is 20.2. The molecular weight excluding hydrogens is 416 g/mol. The van der Waals surface area contributed by atoms with Crippen LogP contribution in [0.2, 0.25) is 0 Å². The molecule has 0 radical (unpaired) electrons. The molecule has 0 aliphatic carbocycles. The molecule has 1 amide bonds. The van der Waals surface area contributed by atoms with E-state index < -0.39 is 44.8 Å². The van der Waals surface area contributed by atoms with Crippen LogP contribution >= 0.6 is 0 Å². The second kappa shape index (κ2) is 7.83. The van der Waals surface area contributed by atoms with Gasteiger partial charge in [-0.1, -0.05) is 0 Å². The van der Waals surface area contributed by atoms with Crippen LogP contribution in [0, 0.1) is 23.3 Å². The van der Waals surface area contributed by atoms with Crippen LogP contribution in [0.3, 0.4) is 0 Å². The molecule has 0 unspecified atom stereocenters. The molecule has 1 aromatic heterocycles. The number of carbonyl (C=O) groups excluding carboxylic acids is 1. The van der Waals surface area contributed by atoms with Gasteiger partial charge in [0.1, 0.15) is 0 Å². The summed E-state index contributed by atoms with van der Waals surface area (Å²) in [6, 6.07) is 6.26. The van der Waals surface area contributed by atoms with Crippen molar-refractivity contribution >= 4 is 27.6 Å². The molecule has 7 nitrogen and oxygen atoms in total. The first-order chi connectivity index (χ1) is 13.7. The Morgan fingerprint density at radius 3 is 2.14 bits per heavy atom. The second-order valence-electron chi connectivity index (χ2n) is 5.50. The van der Waals surface area contributed by atoms with E-state index in [1.165, 1.54) is 18.5 Å². The van der Waals surface area contributed by atoms with Crippen LogP contribution in [-0.4, -0.2) is 24.3 Å². The molecule has 3 rings (SSSR count). The van der Waals surface area contributed by atoms with Gasteiger partial charge in [-0.15, -0.1) is 0 Å². The number of anilines is 2. The van der Waals surface area contributed by atoms with Gasteiger partial charge in [-0.25, -0.2) is 40.7 Å². The number of halogens is 4. The zero-order valence-corrected chi connectivity index (χ0v) is 15.0. The second-order valence-corrected chi connectivity index (χ2v) is 7.19. The van der Waals surface area contributed by atoms with Gasteiger partial charge in [-0.3, -0.25) is 4.79 Å². The Labute approximate surface area is 161 Å². The Kier molecular flexibility index (Phi) is 5.46. The molecule has 2 N–H and O–H groups in total. The fourth-order valence-corrected chi connectivity index (χ4v) is 3.14. The highest BCUT2D eigenvalue weighted by atomic mass is 32.2. The molecular formula is C17H10F4N4O3S. The van der Waals surface area contributed by atoms with Crippen LogP contribution in [-0.2, 0) is 10.0 Å². The van der Waals surface area contributed by atoms with Crippen molar-refractivity contribution in [2.24, 2.45) is 0 Å². The summed E-state index contributed by atoms with van der Waals surface area (Å²) in [5, 5.41) is 2.13. The quantitative estimate of drug-likeness (QED) is 0.371. The summed E-state index contributed by atoms with van der Waals surface area (Å²) in [5.41, 5.74) is -1.06. The van der Waals surface area contributed by atoms with Gasteiger partial charge < -0.3 is 5.32 Å². The van der Waals surface area contributed by atoms with E-state index in [9.17, 15) is 30.8 Å². The van der Waals surface area contributed by atoms with E-state index in [2.05, 4.69) is 20.0 Å². The van der Waals surface area contributed by atoms with Gasteiger partial charge in [0, 0.05) is 18.1 Å². The number of hydrogen-bond acceptors (Lipinski definition) is 5. The normalized spacial score (nSPS) is 11.2. The molecule has 0 atom stereocenters. The third kappa shape index (κ3) is 4.32. The fourth-order valence-electron chi connectivity index (χ4n) is 2.18. The minimum atomic E-state index is -4.02. The van der Waals surface area contributed by atoms with Crippen molar-refractivity contribution in [3.05, 3.63) is 77.6 Å². The summed E-state index contributed by atoms with van der Waals surface area (Å²) in [6.45, 7) is 0. The maximum Gasteiger partial charge on any atom is 0.264 e. The Morgan fingerprint density at radius 2 is 1.52 bits per heavy atom. The lowest BCUT2D eigenvalue weighted by Crippen LogP contribution is -2.17. The predicted octanol–water partition coefficient (Wildman–Crippen LogP) is 3.09. The number of carbonyl (C=O) groups is 1. The zero-order valence-electron chi connectivity index (χ0n) is 14.2. The third-order valence-corrected chi connectivity index (χ3v) is 4.91. The van der Waals surface area contributed by atoms with Gasteiger partial charge in [0.15, 0.2) is 23.3 Å². The topological polar surface area (TPSA) is 101 Å². The number of nitrogens with zero attached hydrogens (tertiary/aromatic N) is 2. The number of nitrogens with one attached hydrogen (secondary N) is 2. The van der Waals surface area contributed by atoms with Crippen LogP contribution < -0.4 is 10.0 Å². The number of rotatable bonds is 5. The van der Waals surface area contributed by atoms with Crippen LogP contribution in [0.15, 0.2) is 53.7 Å². The minimum Gasteiger partial charge on any atom is -0.322 e. The Hall–Kier alpha value is -3.54. The lowest BCUT2D eigenvalue weighted by molar-refractivity contribution is 0.102. The molecule has 0 saturated carbocycles. The van der Waals surface area contributed by atoms with Crippen molar-refractivity contribution in [3.8, 4) is 0 Å². The molecule has 0 spiro atoms. The molecule has 0 aliphatic rings. The van der Waals surface area contributed by atoms with E-state index in [1.807, 2.05) is 0 Å². The summed E-state index contributed by atoms with van der Waals surface area (Å²) >= 11 is 0. The zero-order chi connectivity index (χ0) is 21.2. The van der Waals surface area contributed by atoms with Crippen LogP contribution in [0.25, 0.3) is 0 Å². The van der Waals surface area contributed by atoms with Gasteiger partial charge in [0.2, 0.25) is 5.95 Å². The molecule has 0 bridgehead atoms. The number of aromatic nitrogens is 2. The SMILES string of the molecule is O=C(Nc1ccc(S(=O)(=O)Nc2ncccn2)cc1)c1cc(F)c(F)c(F)c1F. The van der Waals surface area contributed by atoms with E-state index in [0.29, 0.717) is 0 Å². The molecule has 0 saturated heterocycles. The fraction of sp³-hybridized carbons (Fsp3) is 0. The number of hydrogen-bond donors (Lipinski definition) is 2. The first-order valence-electron chi connectivity index (χ1n) is 7.73. The van der Waals surface area contributed by atoms with E-state index in [-0.39, 0.29) is 22.6 Å². The standard InChI is InChI=1S/C17H10F4N4O3S/c18-12-8-11(13(19)15(21)14(12)20)16(26)24-9-2-4-10(5-3-9)29(27,28)25-17-22-6-1-7-23-17/h1-8H,(H,24,26)(H,22,23,25). The van der Waals surface area contributed by atoms with Crippen LogP contribution in [0.1, 0.15) is 10.4 Å². The molecule has 2 aromatic carbocycles. The molecule has 0 aliphatic heterocycles. The van der Waals surface area contributed by atoms with Crippen molar-refractivity contribution in [3.63, 3.8) is 0 Å². The maximum atomic E-state index is 13.7. The Morgan fingerprint density at radius 1 is 0.897 bits per heavy atom. The van der Waals surface area contributed by atoms with E-state index >= 15 is 0 Å². The van der Waals surface area contributed by atoms with Crippen molar-refractivity contribution < 1.29 is 30.8 Å². The van der Waals surface area contributed by atoms with E-state index in [4.69, 9.17) is 0 Å². The van der Waals surface area contributed by atoms with Gasteiger partial charge in [0.05, 0.1) is 10.5 Å². The first-order valence-corrected chi connectivity index (χ1v) is 9.21. The summed E-state index contributed by atoms with van der Waals surface area (Å²) in [6.07, 6.45) is 2.67. The van der Waals surface area contributed by atoms with E-state index in [1.54, 1.807) is 0 Å². The highest BCUT2D eigenvalue weighted by Gasteiger charge is 2.23. The summed E-state index contributed by atoms with van der Waals surface area (Å²) in [5.74, 6) is -9.15. The Balaban J connectivity index is 1.78. The summed E-state index contributed by atoms with van der Waals surface area (Å²) < 4.78 is 79.8. The van der Waals surface area contributed by atoms with Gasteiger partial charge >= 0.3 is 0 Å². The lowest BCUT2D eigenvalue weighted by atomic mass is 10.1. The van der Waals surface area contributed by atoms with Crippen molar-refractivity contribution in [1.29, 1.82) is 0 Å². The highest BCUT2D eigenvalue weighted by molar-refractivity contribution is 7.92. The average molecular weight is 426 g/mol. The highest BCUT2D eigenvalue weighted by Crippen LogP contribution is 2.21. The summed E-state index contributed by atoms with van der Waals surface area (Å²) in [4.78, 5) is 19.3. The Bertz CT molecular complexity index is 1170. The van der Waals surface area contributed by atoms with Gasteiger partial charge in [0.25, 0.3) is 15.9 Å². The largest absolute Gasteiger partial charge is 0.322 e. The smallest absolute Gasteiger partial charge is 0.264 e. The predicted molar refractivity (Wildman–Crippen MR) is 93.5 cm³/mol. The molecule has 3 aromatic rings. The van der Waals surface area contributed by atoms with Gasteiger partial charge in [-0.05, 0) is 36.4 Å². The number of sulfonamides is 1. The molecule has 1 heterocycles. The van der Waals surface area contributed by atoms with Crippen LogP contribution in [0.5, 0.6) is 0 Å². The van der Waals surface area contributed by atoms with Crippen molar-refractivity contribution in [1.82, 2.24) is 9.97 Å². The molecule has 150 valence electrons. The average Bonchev–Trinajstić information content (AvgIpc) is 2.70. The monoisotopic (exact) mass is 426 g/mol. The molecule has 29 heavy (non-hydrogen) atoms. The number of amides is 1.